The molecule has 0 radical (unpaired) electrons. The zero-order valence-corrected chi connectivity index (χ0v) is 36.3. The summed E-state index contributed by atoms with van der Waals surface area (Å²) in [5, 5.41) is 22.0. The van der Waals surface area contributed by atoms with E-state index in [2.05, 4.69) is 31.3 Å². The molecule has 18 nitrogen and oxygen atoms in total. The van der Waals surface area contributed by atoms with Crippen molar-refractivity contribution in [3.05, 3.63) is 101 Å². The standard InChI is InChI=1S/C43H47F5N6O12/c1-21(2)34(38(58)49-17-28(56)65-35-32(47)30(45)29(44)31(46)33(35)48)52-39(59)36(53-41(61)64-20-22-12-8-7-9-13-22)54-18-23(24-14-10-11-15-27(24)54)16-25(40(60)63-6)50-37(57)26(19-55)51-42(62)66-43(3,4)5/h7-15,18,21,25-26,34,36,55H,16-17,19-20H2,1-6H3,(H,49,58)(H,50,57)(H,51,62)(H,52,59)(H,53,61)/t25-,26-,34-,36?/m0/s1. The third kappa shape index (κ3) is 13.4. The van der Waals surface area contributed by atoms with Gasteiger partial charge in [0.1, 0.15) is 36.9 Å². The van der Waals surface area contributed by atoms with Gasteiger partial charge in [-0.05, 0) is 43.9 Å². The number of nitrogens with zero attached hydrogens (tertiary/aromatic N) is 1. The van der Waals surface area contributed by atoms with E-state index in [0.29, 0.717) is 10.9 Å². The van der Waals surface area contributed by atoms with Gasteiger partial charge in [-0.1, -0.05) is 62.4 Å². The summed E-state index contributed by atoms with van der Waals surface area (Å²) in [6.07, 6.45) is -2.88. The van der Waals surface area contributed by atoms with E-state index in [1.807, 2.05) is 0 Å². The zero-order valence-electron chi connectivity index (χ0n) is 36.3. The van der Waals surface area contributed by atoms with Crippen molar-refractivity contribution in [3.63, 3.8) is 0 Å². The van der Waals surface area contributed by atoms with Crippen LogP contribution in [0.2, 0.25) is 0 Å². The van der Waals surface area contributed by atoms with E-state index < -0.39 is 126 Å². The van der Waals surface area contributed by atoms with Gasteiger partial charge >= 0.3 is 24.1 Å². The number of alkyl carbamates (subject to hydrolysis) is 2. The Hall–Kier alpha value is -7.30. The molecule has 0 saturated heterocycles. The minimum atomic E-state index is -2.49. The minimum Gasteiger partial charge on any atom is -0.467 e. The van der Waals surface area contributed by atoms with E-state index in [1.54, 1.807) is 69.3 Å². The van der Waals surface area contributed by atoms with Crippen molar-refractivity contribution in [2.24, 2.45) is 5.92 Å². The molecule has 23 heteroatoms. The summed E-state index contributed by atoms with van der Waals surface area (Å²) in [5.41, 5.74) is 0.172. The van der Waals surface area contributed by atoms with Gasteiger partial charge in [-0.25, -0.2) is 32.3 Å². The van der Waals surface area contributed by atoms with Gasteiger partial charge in [-0.15, -0.1) is 0 Å². The Kier molecular flexibility index (Phi) is 17.5. The Morgan fingerprint density at radius 1 is 0.727 bits per heavy atom. The van der Waals surface area contributed by atoms with Crippen LogP contribution in [0.1, 0.15) is 51.9 Å². The summed E-state index contributed by atoms with van der Waals surface area (Å²) in [6.45, 7) is 5.38. The fourth-order valence-corrected chi connectivity index (χ4v) is 6.12. The number of aliphatic hydroxyl groups excluding tert-OH is 1. The number of amides is 5. The zero-order chi connectivity index (χ0) is 49.0. The Labute approximate surface area is 373 Å². The predicted octanol–water partition coefficient (Wildman–Crippen LogP) is 3.71. The first-order chi connectivity index (χ1) is 31.1. The van der Waals surface area contributed by atoms with Gasteiger partial charge in [0.25, 0.3) is 5.91 Å². The first kappa shape index (κ1) is 51.3. The largest absolute Gasteiger partial charge is 0.467 e. The number of aromatic nitrogens is 1. The summed E-state index contributed by atoms with van der Waals surface area (Å²) in [7, 11) is 1.05. The molecule has 4 aromatic rings. The monoisotopic (exact) mass is 934 g/mol. The summed E-state index contributed by atoms with van der Waals surface area (Å²) in [6, 6.07) is 10.2. The van der Waals surface area contributed by atoms with Crippen molar-refractivity contribution in [1.29, 1.82) is 0 Å². The number of fused-ring (bicyclic) bond motifs is 1. The van der Waals surface area contributed by atoms with E-state index in [4.69, 9.17) is 14.2 Å². The van der Waals surface area contributed by atoms with E-state index in [-0.39, 0.29) is 24.1 Å². The number of aliphatic hydroxyl groups is 1. The molecule has 0 aliphatic carbocycles. The van der Waals surface area contributed by atoms with Gasteiger partial charge in [0.15, 0.2) is 6.17 Å². The number of carbonyl (C=O) groups is 7. The molecule has 0 spiro atoms. The smallest absolute Gasteiger partial charge is 0.409 e. The molecule has 5 amide bonds. The molecule has 66 heavy (non-hydrogen) atoms. The Bertz CT molecular complexity index is 2420. The number of hydrogen-bond donors (Lipinski definition) is 6. The fourth-order valence-electron chi connectivity index (χ4n) is 6.12. The van der Waals surface area contributed by atoms with Crippen LogP contribution in [-0.2, 0) is 51.2 Å². The quantitative estimate of drug-likeness (QED) is 0.0209. The molecular weight excluding hydrogens is 887 g/mol. The lowest BCUT2D eigenvalue weighted by atomic mass is 10.0. The lowest BCUT2D eigenvalue weighted by molar-refractivity contribution is -0.145. The van der Waals surface area contributed by atoms with E-state index in [9.17, 15) is 60.6 Å². The minimum absolute atomic E-state index is 0.241. The number of halogens is 5. The number of methoxy groups -OCH3 is 1. The third-order valence-electron chi connectivity index (χ3n) is 9.27. The highest BCUT2D eigenvalue weighted by Crippen LogP contribution is 2.30. The van der Waals surface area contributed by atoms with Crippen LogP contribution in [0.15, 0.2) is 60.8 Å². The van der Waals surface area contributed by atoms with Crippen molar-refractivity contribution < 1.29 is 79.6 Å². The summed E-state index contributed by atoms with van der Waals surface area (Å²) < 4.78 is 90.1. The molecule has 3 aromatic carbocycles. The average Bonchev–Trinajstić information content (AvgIpc) is 3.64. The van der Waals surface area contributed by atoms with Crippen molar-refractivity contribution >= 4 is 52.7 Å². The molecule has 0 saturated carbocycles. The topological polar surface area (TPSA) is 242 Å². The maximum atomic E-state index is 14.3. The van der Waals surface area contributed by atoms with Gasteiger partial charge in [-0.3, -0.25) is 19.7 Å². The Balaban J connectivity index is 1.64. The van der Waals surface area contributed by atoms with Gasteiger partial charge in [0.05, 0.1) is 19.2 Å². The number of hydrogen-bond acceptors (Lipinski definition) is 12. The molecule has 1 heterocycles. The highest BCUT2D eigenvalue weighted by molar-refractivity contribution is 5.94. The number of esters is 2. The van der Waals surface area contributed by atoms with Crippen LogP contribution in [0.3, 0.4) is 0 Å². The van der Waals surface area contributed by atoms with E-state index in [1.165, 1.54) is 30.7 Å². The third-order valence-corrected chi connectivity index (χ3v) is 9.27. The first-order valence-electron chi connectivity index (χ1n) is 19.9. The molecular formula is C43H47F5N6O12. The molecule has 4 atom stereocenters. The molecule has 6 N–H and O–H groups in total. The number of carbonyl (C=O) groups excluding carboxylic acids is 7. The second-order valence-electron chi connectivity index (χ2n) is 15.7. The van der Waals surface area contributed by atoms with Crippen molar-refractivity contribution in [2.45, 2.75) is 77.5 Å². The van der Waals surface area contributed by atoms with E-state index in [0.717, 1.165) is 7.11 Å². The highest BCUT2D eigenvalue weighted by Gasteiger charge is 2.34. The van der Waals surface area contributed by atoms with Crippen LogP contribution in [0, 0.1) is 35.0 Å². The fraction of sp³-hybridized carbons (Fsp3) is 0.372. The van der Waals surface area contributed by atoms with Crippen LogP contribution < -0.4 is 31.3 Å². The first-order valence-corrected chi connectivity index (χ1v) is 19.9. The van der Waals surface area contributed by atoms with Gasteiger partial charge in [0.2, 0.25) is 46.6 Å². The molecule has 356 valence electrons. The van der Waals surface area contributed by atoms with Crippen LogP contribution in [0.5, 0.6) is 5.75 Å². The summed E-state index contributed by atoms with van der Waals surface area (Å²) in [5.74, 6) is -20.6. The predicted molar refractivity (Wildman–Crippen MR) is 220 cm³/mol. The normalized spacial score (nSPS) is 13.1. The second kappa shape index (κ2) is 22.5. The van der Waals surface area contributed by atoms with Crippen LogP contribution >= 0.6 is 0 Å². The number of para-hydroxylation sites is 1. The molecule has 1 unspecified atom stereocenters. The highest BCUT2D eigenvalue weighted by atomic mass is 19.2. The average molecular weight is 935 g/mol. The van der Waals surface area contributed by atoms with Crippen LogP contribution in [0.4, 0.5) is 31.5 Å². The maximum Gasteiger partial charge on any atom is 0.409 e. The summed E-state index contributed by atoms with van der Waals surface area (Å²) >= 11 is 0. The maximum absolute atomic E-state index is 14.3. The van der Waals surface area contributed by atoms with Crippen molar-refractivity contribution in [3.8, 4) is 5.75 Å². The molecule has 1 aromatic heterocycles. The van der Waals surface area contributed by atoms with Crippen molar-refractivity contribution in [1.82, 2.24) is 31.2 Å². The van der Waals surface area contributed by atoms with Crippen LogP contribution in [0.25, 0.3) is 10.9 Å². The summed E-state index contributed by atoms with van der Waals surface area (Å²) in [4.78, 5) is 92.3. The SMILES string of the molecule is COC(=O)[C@H](Cc1cn(C(NC(=O)OCc2ccccc2)C(=O)N[C@H](C(=O)NCC(=O)Oc2c(F)c(F)c(F)c(F)c2F)C(C)C)c2ccccc12)NC(=O)[C@H](CO)NC(=O)OC(C)(C)C. The number of nitrogens with one attached hydrogen (secondary N) is 5. The lowest BCUT2D eigenvalue weighted by Gasteiger charge is -2.26. The van der Waals surface area contributed by atoms with Gasteiger partial charge in [-0.2, -0.15) is 8.78 Å². The second-order valence-corrected chi connectivity index (χ2v) is 15.7. The number of benzene rings is 3. The Morgan fingerprint density at radius 3 is 1.92 bits per heavy atom. The Morgan fingerprint density at radius 2 is 1.33 bits per heavy atom. The molecule has 0 aliphatic rings. The lowest BCUT2D eigenvalue weighted by Crippen LogP contribution is -2.54. The van der Waals surface area contributed by atoms with Crippen molar-refractivity contribution in [2.75, 3.05) is 20.3 Å². The molecule has 0 aliphatic heterocycles. The number of ether oxygens (including phenoxy) is 4. The molecule has 0 bridgehead atoms. The van der Waals surface area contributed by atoms with Crippen LogP contribution in [-0.4, -0.2) is 95.5 Å². The number of rotatable bonds is 18. The molecule has 4 rings (SSSR count). The van der Waals surface area contributed by atoms with Gasteiger partial charge in [0, 0.05) is 18.0 Å². The molecule has 0 fully saturated rings. The van der Waals surface area contributed by atoms with E-state index >= 15 is 0 Å². The van der Waals surface area contributed by atoms with Gasteiger partial charge < -0.3 is 49.9 Å².